The van der Waals surface area contributed by atoms with E-state index in [1.165, 1.54) is 0 Å². The van der Waals surface area contributed by atoms with E-state index < -0.39 is 9.84 Å². The van der Waals surface area contributed by atoms with Gasteiger partial charge in [0, 0.05) is 25.8 Å². The molecule has 3 aromatic rings. The molecule has 0 fully saturated rings. The second kappa shape index (κ2) is 11.4. The van der Waals surface area contributed by atoms with Gasteiger partial charge >= 0.3 is 0 Å². The molecule has 1 amide bonds. The Labute approximate surface area is 202 Å². The molecule has 8 heteroatoms. The van der Waals surface area contributed by atoms with Gasteiger partial charge in [-0.25, -0.2) is 13.4 Å². The Morgan fingerprint density at radius 1 is 1.09 bits per heavy atom. The van der Waals surface area contributed by atoms with Crippen molar-refractivity contribution < 1.29 is 17.9 Å². The molecule has 0 bridgehead atoms. The number of methoxy groups -OCH3 is 1. The summed E-state index contributed by atoms with van der Waals surface area (Å²) in [5.74, 6) is 0.0133. The number of aromatic nitrogens is 2. The molecule has 182 valence electrons. The van der Waals surface area contributed by atoms with E-state index in [9.17, 15) is 13.2 Å². The van der Waals surface area contributed by atoms with Gasteiger partial charge in [0.05, 0.1) is 30.8 Å². The fraction of sp³-hybridized carbons (Fsp3) is 0.385. The van der Waals surface area contributed by atoms with Crippen LogP contribution in [0.25, 0.3) is 0 Å². The molecule has 0 aliphatic carbocycles. The minimum atomic E-state index is -3.70. The molecule has 0 atom stereocenters. The van der Waals surface area contributed by atoms with Crippen molar-refractivity contribution in [1.82, 2.24) is 14.5 Å². The first kappa shape index (κ1) is 25.6. The number of carbonyl (C=O) groups excluding carboxylic acids is 1. The van der Waals surface area contributed by atoms with Crippen LogP contribution in [0.1, 0.15) is 41.0 Å². The minimum Gasteiger partial charge on any atom is -0.383 e. The number of amides is 1. The Bertz CT molecular complexity index is 1200. The lowest BCUT2D eigenvalue weighted by atomic mass is 10.1. The molecule has 3 rings (SSSR count). The van der Waals surface area contributed by atoms with Crippen molar-refractivity contribution >= 4 is 15.7 Å². The standard InChI is InChI=1S/C26H33N3O4S/c1-20(2)17-28(25(30)24-13-9-8-10-21(24)3)18-23-16-27-26(29(23)14-15-33-4)34(31,32)19-22-11-6-5-7-12-22/h5-13,16,20H,14-15,17-19H2,1-4H3. The molecular formula is C26H33N3O4S. The highest BCUT2D eigenvalue weighted by Gasteiger charge is 2.26. The van der Waals surface area contributed by atoms with Crippen LogP contribution < -0.4 is 0 Å². The van der Waals surface area contributed by atoms with Gasteiger partial charge in [-0.3, -0.25) is 4.79 Å². The van der Waals surface area contributed by atoms with Crippen molar-refractivity contribution in [2.75, 3.05) is 20.3 Å². The normalized spacial score (nSPS) is 11.7. The number of aryl methyl sites for hydroxylation is 1. The number of rotatable bonds is 11. The summed E-state index contributed by atoms with van der Waals surface area (Å²) in [6.45, 7) is 7.46. The van der Waals surface area contributed by atoms with Crippen molar-refractivity contribution in [3.05, 3.63) is 83.2 Å². The maximum atomic E-state index is 13.4. The van der Waals surface area contributed by atoms with E-state index in [-0.39, 0.29) is 29.3 Å². The van der Waals surface area contributed by atoms with Gasteiger partial charge in [0.15, 0.2) is 0 Å². The van der Waals surface area contributed by atoms with Crippen molar-refractivity contribution in [3.8, 4) is 0 Å². The molecule has 1 aromatic heterocycles. The highest BCUT2D eigenvalue weighted by molar-refractivity contribution is 7.90. The molecule has 0 aliphatic heterocycles. The second-order valence-corrected chi connectivity index (χ2v) is 10.7. The maximum absolute atomic E-state index is 13.4. The van der Waals surface area contributed by atoms with Crippen LogP contribution in [-0.2, 0) is 33.4 Å². The third-order valence-corrected chi connectivity index (χ3v) is 7.09. The molecule has 0 radical (unpaired) electrons. The monoisotopic (exact) mass is 483 g/mol. The molecule has 34 heavy (non-hydrogen) atoms. The van der Waals surface area contributed by atoms with Crippen molar-refractivity contribution in [3.63, 3.8) is 0 Å². The van der Waals surface area contributed by atoms with Crippen LogP contribution in [-0.4, -0.2) is 49.0 Å². The molecule has 0 unspecified atom stereocenters. The van der Waals surface area contributed by atoms with Gasteiger partial charge < -0.3 is 14.2 Å². The lowest BCUT2D eigenvalue weighted by Crippen LogP contribution is -2.35. The summed E-state index contributed by atoms with van der Waals surface area (Å²) in [5.41, 5.74) is 2.90. The van der Waals surface area contributed by atoms with Gasteiger partial charge in [-0.1, -0.05) is 62.4 Å². The molecule has 0 saturated carbocycles. The van der Waals surface area contributed by atoms with Crippen LogP contribution in [0.15, 0.2) is 66.0 Å². The van der Waals surface area contributed by atoms with E-state index in [4.69, 9.17) is 4.74 Å². The highest BCUT2D eigenvalue weighted by Crippen LogP contribution is 2.21. The Hall–Kier alpha value is -2.97. The first-order valence-electron chi connectivity index (χ1n) is 11.4. The summed E-state index contributed by atoms with van der Waals surface area (Å²) in [4.78, 5) is 19.5. The number of sulfone groups is 1. The molecular weight excluding hydrogens is 450 g/mol. The number of nitrogens with zero attached hydrogens (tertiary/aromatic N) is 3. The Kier molecular flexibility index (Phi) is 8.63. The molecule has 0 aliphatic rings. The fourth-order valence-electron chi connectivity index (χ4n) is 3.89. The third kappa shape index (κ3) is 6.33. The summed E-state index contributed by atoms with van der Waals surface area (Å²) >= 11 is 0. The zero-order chi connectivity index (χ0) is 24.7. The van der Waals surface area contributed by atoms with Gasteiger partial charge in [0.2, 0.25) is 15.0 Å². The third-order valence-electron chi connectivity index (χ3n) is 5.50. The van der Waals surface area contributed by atoms with Gasteiger partial charge in [-0.05, 0) is 30.0 Å². The van der Waals surface area contributed by atoms with Crippen LogP contribution in [0, 0.1) is 12.8 Å². The number of hydrogen-bond acceptors (Lipinski definition) is 5. The molecule has 0 spiro atoms. The van der Waals surface area contributed by atoms with Gasteiger partial charge in [-0.15, -0.1) is 0 Å². The maximum Gasteiger partial charge on any atom is 0.254 e. The minimum absolute atomic E-state index is 0.00348. The molecule has 1 heterocycles. The average molecular weight is 484 g/mol. The van der Waals surface area contributed by atoms with E-state index in [0.717, 1.165) is 5.56 Å². The summed E-state index contributed by atoms with van der Waals surface area (Å²) in [6.07, 6.45) is 1.56. The van der Waals surface area contributed by atoms with Crippen LogP contribution >= 0.6 is 0 Å². The summed E-state index contributed by atoms with van der Waals surface area (Å²) in [6, 6.07) is 16.5. The smallest absolute Gasteiger partial charge is 0.254 e. The van der Waals surface area contributed by atoms with Crippen molar-refractivity contribution in [1.29, 1.82) is 0 Å². The SMILES string of the molecule is COCCn1c(CN(CC(C)C)C(=O)c2ccccc2C)cnc1S(=O)(=O)Cc1ccccc1. The van der Waals surface area contributed by atoms with E-state index in [1.54, 1.807) is 34.9 Å². The van der Waals surface area contributed by atoms with Crippen LogP contribution in [0.2, 0.25) is 0 Å². The molecule has 0 N–H and O–H groups in total. The molecule has 0 saturated heterocycles. The average Bonchev–Trinajstić information content (AvgIpc) is 3.20. The van der Waals surface area contributed by atoms with Crippen LogP contribution in [0.3, 0.4) is 0 Å². The number of imidazole rings is 1. The summed E-state index contributed by atoms with van der Waals surface area (Å²) in [5, 5.41) is -0.00348. The quantitative estimate of drug-likeness (QED) is 0.410. The fourth-order valence-corrected chi connectivity index (χ4v) is 5.40. The number of benzene rings is 2. The summed E-state index contributed by atoms with van der Waals surface area (Å²) < 4.78 is 33.4. The van der Waals surface area contributed by atoms with Crippen LogP contribution in [0.4, 0.5) is 0 Å². The Morgan fingerprint density at radius 3 is 2.41 bits per heavy atom. The zero-order valence-corrected chi connectivity index (χ0v) is 21.1. The first-order chi connectivity index (χ1) is 16.2. The van der Waals surface area contributed by atoms with Crippen molar-refractivity contribution in [2.45, 2.75) is 44.8 Å². The van der Waals surface area contributed by atoms with E-state index in [0.29, 0.717) is 36.5 Å². The Morgan fingerprint density at radius 2 is 1.76 bits per heavy atom. The van der Waals surface area contributed by atoms with E-state index >= 15 is 0 Å². The first-order valence-corrected chi connectivity index (χ1v) is 13.0. The van der Waals surface area contributed by atoms with E-state index in [1.807, 2.05) is 49.4 Å². The number of carbonyl (C=O) groups is 1. The lowest BCUT2D eigenvalue weighted by Gasteiger charge is -2.26. The zero-order valence-electron chi connectivity index (χ0n) is 20.3. The predicted octanol–water partition coefficient (Wildman–Crippen LogP) is 4.11. The van der Waals surface area contributed by atoms with Gasteiger partial charge in [0.25, 0.3) is 5.91 Å². The Balaban J connectivity index is 1.96. The summed E-state index contributed by atoms with van der Waals surface area (Å²) in [7, 11) is -2.13. The molecule has 7 nitrogen and oxygen atoms in total. The van der Waals surface area contributed by atoms with Gasteiger partial charge in [0.1, 0.15) is 0 Å². The lowest BCUT2D eigenvalue weighted by molar-refractivity contribution is 0.0716. The van der Waals surface area contributed by atoms with Gasteiger partial charge in [-0.2, -0.15) is 0 Å². The van der Waals surface area contributed by atoms with Crippen molar-refractivity contribution in [2.24, 2.45) is 5.92 Å². The highest BCUT2D eigenvalue weighted by atomic mass is 32.2. The number of ether oxygens (including phenoxy) is 1. The predicted molar refractivity (Wildman–Crippen MR) is 132 cm³/mol. The number of hydrogen-bond donors (Lipinski definition) is 0. The van der Waals surface area contributed by atoms with Crippen LogP contribution in [0.5, 0.6) is 0 Å². The molecule has 2 aromatic carbocycles. The largest absolute Gasteiger partial charge is 0.383 e. The van der Waals surface area contributed by atoms with E-state index in [2.05, 4.69) is 18.8 Å². The second-order valence-electron chi connectivity index (χ2n) is 8.82. The topological polar surface area (TPSA) is 81.5 Å².